The molecule has 0 saturated carbocycles. The Kier molecular flexibility index (Phi) is 12.1. The Morgan fingerprint density at radius 1 is 0.526 bits per heavy atom. The van der Waals surface area contributed by atoms with Gasteiger partial charge in [-0.25, -0.2) is 9.59 Å². The molecule has 4 aromatic carbocycles. The van der Waals surface area contributed by atoms with Crippen molar-refractivity contribution in [2.24, 2.45) is 5.92 Å². The molecule has 0 aromatic heterocycles. The van der Waals surface area contributed by atoms with Gasteiger partial charge in [0.15, 0.2) is 0 Å². The number of aromatic carboxylic acids is 1. The number of ketones is 1. The van der Waals surface area contributed by atoms with Gasteiger partial charge in [-0.05, 0) is 23.3 Å². The van der Waals surface area contributed by atoms with Crippen LogP contribution in [0.25, 0.3) is 0 Å². The number of benzene rings is 4. The largest absolute Gasteiger partial charge is 0.478 e. The Morgan fingerprint density at radius 2 is 0.842 bits per heavy atom. The first kappa shape index (κ1) is 29.6. The maximum atomic E-state index is 10.7. The van der Waals surface area contributed by atoms with Crippen LogP contribution in [0.4, 0.5) is 0 Å². The van der Waals surface area contributed by atoms with Gasteiger partial charge in [-0.1, -0.05) is 116 Å². The van der Waals surface area contributed by atoms with E-state index in [4.69, 9.17) is 10.2 Å². The molecule has 0 heterocycles. The quantitative estimate of drug-likeness (QED) is 0.191. The monoisotopic (exact) mass is 514 g/mol. The molecule has 0 aliphatic rings. The topological polar surface area (TPSA) is 132 Å². The molecule has 0 amide bonds. The molecule has 0 spiro atoms. The van der Waals surface area contributed by atoms with Gasteiger partial charge in [-0.2, -0.15) is 0 Å². The van der Waals surface area contributed by atoms with Crippen LogP contribution in [0.1, 0.15) is 51.0 Å². The average molecular weight is 515 g/mol. The predicted octanol–water partition coefficient (Wildman–Crippen LogP) is 5.43. The van der Waals surface area contributed by atoms with Crippen molar-refractivity contribution < 1.29 is 34.8 Å². The maximum Gasteiger partial charge on any atom is 0.377 e. The van der Waals surface area contributed by atoms with E-state index in [1.54, 1.807) is 48.5 Å². The van der Waals surface area contributed by atoms with Crippen molar-refractivity contribution >= 4 is 17.7 Å². The minimum atomic E-state index is -1.42. The van der Waals surface area contributed by atoms with Crippen LogP contribution in [0, 0.1) is 5.92 Å². The molecule has 0 radical (unpaired) electrons. The number of carbonyl (C=O) groups excluding carboxylic acids is 1. The maximum absolute atomic E-state index is 10.7. The molecule has 7 nitrogen and oxygen atoms in total. The summed E-state index contributed by atoms with van der Waals surface area (Å²) in [6.45, 7) is 1.86. The predicted molar refractivity (Wildman–Crippen MR) is 144 cm³/mol. The summed E-state index contributed by atoms with van der Waals surface area (Å²) in [5.74, 6) is -3.42. The molecule has 4 aromatic rings. The molecule has 0 bridgehead atoms. The molecule has 2 atom stereocenters. The zero-order valence-corrected chi connectivity index (χ0v) is 20.8. The zero-order chi connectivity index (χ0) is 27.9. The Bertz CT molecular complexity index is 1220. The second kappa shape index (κ2) is 15.5. The van der Waals surface area contributed by atoms with Crippen molar-refractivity contribution in [3.8, 4) is 0 Å². The van der Waals surface area contributed by atoms with Crippen LogP contribution in [-0.2, 0) is 4.79 Å². The van der Waals surface area contributed by atoms with Crippen LogP contribution in [-0.4, -0.2) is 38.1 Å². The van der Waals surface area contributed by atoms with Crippen molar-refractivity contribution in [1.82, 2.24) is 0 Å². The highest BCUT2D eigenvalue weighted by Gasteiger charge is 2.24. The normalized spacial score (nSPS) is 12.3. The highest BCUT2D eigenvalue weighted by Crippen LogP contribution is 2.32. The molecule has 4 rings (SSSR count). The summed E-state index contributed by atoms with van der Waals surface area (Å²) < 4.78 is 0. The number of carbonyl (C=O) groups is 3. The van der Waals surface area contributed by atoms with E-state index in [0.717, 1.165) is 11.1 Å². The molecule has 0 fully saturated rings. The fourth-order valence-electron chi connectivity index (χ4n) is 3.37. The van der Waals surface area contributed by atoms with E-state index < -0.39 is 29.9 Å². The number of aliphatic hydroxyl groups excluding tert-OH is 2. The molecule has 0 aliphatic heterocycles. The first-order chi connectivity index (χ1) is 18.2. The summed E-state index contributed by atoms with van der Waals surface area (Å²) >= 11 is 0. The number of aliphatic hydroxyl groups is 2. The molecular weight excluding hydrogens is 484 g/mol. The van der Waals surface area contributed by atoms with Gasteiger partial charge in [0.2, 0.25) is 0 Å². The lowest BCUT2D eigenvalue weighted by molar-refractivity contribution is -0.131. The second-order valence-electron chi connectivity index (χ2n) is 8.24. The van der Waals surface area contributed by atoms with E-state index in [1.165, 1.54) is 12.1 Å². The Labute approximate surface area is 221 Å². The van der Waals surface area contributed by atoms with Crippen LogP contribution >= 0.6 is 0 Å². The fourth-order valence-corrected chi connectivity index (χ4v) is 3.37. The molecule has 4 N–H and O–H groups in total. The number of hydrogen-bond acceptors (Lipinski definition) is 5. The van der Waals surface area contributed by atoms with E-state index in [1.807, 2.05) is 67.6 Å². The smallest absolute Gasteiger partial charge is 0.377 e. The van der Waals surface area contributed by atoms with Gasteiger partial charge in [0, 0.05) is 11.5 Å². The minimum Gasteiger partial charge on any atom is -0.478 e. The number of carboxylic acids is 2. The standard InChI is InChI=1S/C16H18O2.C8H6O3.C7H6O2/c1-12(15(17)13-8-4-2-5-9-13)16(18)14-10-6-3-7-11-14;9-7(8(10)11)6-4-2-1-3-5-6;8-7(9)6-4-2-1-3-5-6/h2-12,15-18H,1H3;1-5H,(H,10,11);1-5H,(H,8,9). The first-order valence-electron chi connectivity index (χ1n) is 11.8. The van der Waals surface area contributed by atoms with Crippen LogP contribution in [0.15, 0.2) is 121 Å². The zero-order valence-electron chi connectivity index (χ0n) is 20.8. The van der Waals surface area contributed by atoms with Gasteiger partial charge in [-0.3, -0.25) is 4.79 Å². The minimum absolute atomic E-state index is 0.208. The lowest BCUT2D eigenvalue weighted by Gasteiger charge is -2.24. The summed E-state index contributed by atoms with van der Waals surface area (Å²) in [5.41, 5.74) is 2.21. The van der Waals surface area contributed by atoms with Crippen LogP contribution in [0.2, 0.25) is 0 Å². The molecule has 0 aliphatic carbocycles. The Hall–Kier alpha value is -4.59. The molecular formula is C31H30O7. The van der Waals surface area contributed by atoms with Gasteiger partial charge >= 0.3 is 11.9 Å². The molecule has 7 heteroatoms. The third kappa shape index (κ3) is 9.46. The van der Waals surface area contributed by atoms with Gasteiger partial charge < -0.3 is 20.4 Å². The van der Waals surface area contributed by atoms with Gasteiger partial charge in [0.05, 0.1) is 17.8 Å². The van der Waals surface area contributed by atoms with Crippen molar-refractivity contribution in [3.63, 3.8) is 0 Å². The summed E-state index contributed by atoms with van der Waals surface area (Å²) in [6.07, 6.45) is -1.33. The Balaban J connectivity index is 0.000000217. The van der Waals surface area contributed by atoms with Gasteiger partial charge in [-0.15, -0.1) is 0 Å². The highest BCUT2D eigenvalue weighted by molar-refractivity contribution is 6.39. The third-order valence-corrected chi connectivity index (χ3v) is 5.53. The summed E-state index contributed by atoms with van der Waals surface area (Å²) in [6, 6.07) is 35.1. The molecule has 38 heavy (non-hydrogen) atoms. The lowest BCUT2D eigenvalue weighted by atomic mass is 9.89. The molecule has 0 saturated heterocycles. The van der Waals surface area contributed by atoms with E-state index in [-0.39, 0.29) is 11.5 Å². The number of carboxylic acid groups (broad SMARTS) is 2. The van der Waals surface area contributed by atoms with Gasteiger partial charge in [0.25, 0.3) is 5.78 Å². The van der Waals surface area contributed by atoms with E-state index in [2.05, 4.69) is 0 Å². The number of Topliss-reactive ketones (excluding diaryl/α,β-unsaturated/α-hetero) is 1. The third-order valence-electron chi connectivity index (χ3n) is 5.53. The SMILES string of the molecule is CC(C(O)c1ccccc1)C(O)c1ccccc1.O=C(O)C(=O)c1ccccc1.O=C(O)c1ccccc1. The highest BCUT2D eigenvalue weighted by atomic mass is 16.4. The number of hydrogen-bond donors (Lipinski definition) is 4. The van der Waals surface area contributed by atoms with Crippen molar-refractivity contribution in [2.75, 3.05) is 0 Å². The number of rotatable bonds is 7. The average Bonchev–Trinajstić information content (AvgIpc) is 2.98. The Morgan fingerprint density at radius 3 is 1.13 bits per heavy atom. The van der Waals surface area contributed by atoms with Crippen LogP contribution < -0.4 is 0 Å². The molecule has 196 valence electrons. The lowest BCUT2D eigenvalue weighted by Crippen LogP contribution is -2.17. The summed E-state index contributed by atoms with van der Waals surface area (Å²) in [4.78, 5) is 31.1. The summed E-state index contributed by atoms with van der Waals surface area (Å²) in [5, 5.41) is 37.2. The fraction of sp³-hybridized carbons (Fsp3) is 0.129. The van der Waals surface area contributed by atoms with Gasteiger partial charge in [0.1, 0.15) is 0 Å². The summed E-state index contributed by atoms with van der Waals surface area (Å²) in [7, 11) is 0. The van der Waals surface area contributed by atoms with Crippen molar-refractivity contribution in [3.05, 3.63) is 144 Å². The first-order valence-corrected chi connectivity index (χ1v) is 11.8. The van der Waals surface area contributed by atoms with Crippen molar-refractivity contribution in [2.45, 2.75) is 19.1 Å². The second-order valence-corrected chi connectivity index (χ2v) is 8.24. The molecule has 2 unspecified atom stereocenters. The van der Waals surface area contributed by atoms with Crippen LogP contribution in [0.3, 0.4) is 0 Å². The van der Waals surface area contributed by atoms with E-state index >= 15 is 0 Å². The number of aliphatic carboxylic acids is 1. The van der Waals surface area contributed by atoms with Crippen LogP contribution in [0.5, 0.6) is 0 Å². The van der Waals surface area contributed by atoms with Crippen molar-refractivity contribution in [1.29, 1.82) is 0 Å². The van der Waals surface area contributed by atoms with E-state index in [0.29, 0.717) is 5.56 Å². The van der Waals surface area contributed by atoms with E-state index in [9.17, 15) is 24.6 Å².